The predicted octanol–water partition coefficient (Wildman–Crippen LogP) is 4.54. The molecule has 2 heterocycles. The van der Waals surface area contributed by atoms with Crippen molar-refractivity contribution in [3.05, 3.63) is 65.7 Å². The number of piperazine rings is 1. The summed E-state index contributed by atoms with van der Waals surface area (Å²) in [4.78, 5) is 22.0. The Bertz CT molecular complexity index is 1040. The van der Waals surface area contributed by atoms with Crippen molar-refractivity contribution in [2.45, 2.75) is 20.8 Å². The van der Waals surface area contributed by atoms with E-state index in [2.05, 4.69) is 43.9 Å². The summed E-state index contributed by atoms with van der Waals surface area (Å²) in [5, 5.41) is 1.19. The molecule has 5 nitrogen and oxygen atoms in total. The summed E-state index contributed by atoms with van der Waals surface area (Å²) in [6.45, 7) is 9.92. The number of ether oxygens (including phenoxy) is 1. The molecule has 2 aromatic carbocycles. The Morgan fingerprint density at radius 1 is 1.03 bits per heavy atom. The predicted molar refractivity (Wildman–Crippen MR) is 121 cm³/mol. The highest BCUT2D eigenvalue weighted by Gasteiger charge is 2.23. The Hall–Kier alpha value is -3.08. The van der Waals surface area contributed by atoms with E-state index in [0.29, 0.717) is 31.2 Å². The zero-order chi connectivity index (χ0) is 21.1. The van der Waals surface area contributed by atoms with Crippen molar-refractivity contribution in [3.63, 3.8) is 0 Å². The maximum Gasteiger partial charge on any atom is 0.254 e. The summed E-state index contributed by atoms with van der Waals surface area (Å²) < 4.78 is 5.78. The van der Waals surface area contributed by atoms with Gasteiger partial charge in [-0.3, -0.25) is 4.79 Å². The number of nitrogens with zero attached hydrogens (tertiary/aromatic N) is 3. The van der Waals surface area contributed by atoms with Crippen LogP contribution in [0.25, 0.3) is 10.9 Å². The van der Waals surface area contributed by atoms with Crippen LogP contribution in [0.2, 0.25) is 0 Å². The largest absolute Gasteiger partial charge is 0.493 e. The number of carbonyl (C=O) groups is 1. The summed E-state index contributed by atoms with van der Waals surface area (Å²) in [6.07, 6.45) is 0. The van der Waals surface area contributed by atoms with E-state index in [1.165, 1.54) is 10.9 Å². The van der Waals surface area contributed by atoms with Crippen molar-refractivity contribution in [1.82, 2.24) is 9.88 Å². The van der Waals surface area contributed by atoms with Gasteiger partial charge in [0.05, 0.1) is 12.1 Å². The summed E-state index contributed by atoms with van der Waals surface area (Å²) in [7, 11) is 0. The van der Waals surface area contributed by atoms with Gasteiger partial charge in [0.2, 0.25) is 0 Å². The summed E-state index contributed by atoms with van der Waals surface area (Å²) in [5.41, 5.74) is 2.93. The van der Waals surface area contributed by atoms with E-state index in [0.717, 1.165) is 30.2 Å². The van der Waals surface area contributed by atoms with E-state index >= 15 is 0 Å². The average Bonchev–Trinajstić information content (AvgIpc) is 2.77. The fourth-order valence-corrected chi connectivity index (χ4v) is 3.80. The standard InChI is InChI=1S/C25H29N3O2/c1-18(2)17-30-21-8-6-7-20(16-21)25(29)28-13-11-27(12-14-28)24-15-19(3)22-9-4-5-10-23(22)26-24/h4-10,15-16,18H,11-14,17H2,1-3H3. The van der Waals surface area contributed by atoms with Crippen molar-refractivity contribution in [2.24, 2.45) is 5.92 Å². The molecule has 0 aliphatic carbocycles. The van der Waals surface area contributed by atoms with Gasteiger partial charge in [-0.2, -0.15) is 0 Å². The molecular weight excluding hydrogens is 374 g/mol. The molecule has 3 aromatic rings. The number of carbonyl (C=O) groups excluding carboxylic acids is 1. The Morgan fingerprint density at radius 2 is 1.80 bits per heavy atom. The van der Waals surface area contributed by atoms with Crippen LogP contribution in [-0.2, 0) is 0 Å². The molecule has 1 amide bonds. The van der Waals surface area contributed by atoms with Gasteiger partial charge in [-0.25, -0.2) is 4.98 Å². The Labute approximate surface area is 178 Å². The van der Waals surface area contributed by atoms with Gasteiger partial charge in [0.1, 0.15) is 11.6 Å². The Morgan fingerprint density at radius 3 is 2.57 bits per heavy atom. The molecule has 1 fully saturated rings. The first kappa shape index (κ1) is 20.2. The number of fused-ring (bicyclic) bond motifs is 1. The highest BCUT2D eigenvalue weighted by Crippen LogP contribution is 2.24. The second-order valence-electron chi connectivity index (χ2n) is 8.33. The fourth-order valence-electron chi connectivity index (χ4n) is 3.80. The fraction of sp³-hybridized carbons (Fsp3) is 0.360. The zero-order valence-corrected chi connectivity index (χ0v) is 18.0. The van der Waals surface area contributed by atoms with E-state index in [-0.39, 0.29) is 5.91 Å². The zero-order valence-electron chi connectivity index (χ0n) is 18.0. The minimum absolute atomic E-state index is 0.0623. The summed E-state index contributed by atoms with van der Waals surface area (Å²) >= 11 is 0. The number of aryl methyl sites for hydroxylation is 1. The molecule has 0 saturated carbocycles. The van der Waals surface area contributed by atoms with Crippen LogP contribution in [0.15, 0.2) is 54.6 Å². The molecule has 1 aromatic heterocycles. The van der Waals surface area contributed by atoms with Gasteiger partial charge in [-0.05, 0) is 48.7 Å². The van der Waals surface area contributed by atoms with Crippen molar-refractivity contribution in [3.8, 4) is 5.75 Å². The Balaban J connectivity index is 1.42. The number of pyridine rings is 1. The molecule has 1 aliphatic heterocycles. The molecule has 156 valence electrons. The van der Waals surface area contributed by atoms with Crippen LogP contribution in [-0.4, -0.2) is 48.6 Å². The van der Waals surface area contributed by atoms with Gasteiger partial charge < -0.3 is 14.5 Å². The molecule has 0 unspecified atom stereocenters. The third-order valence-corrected chi connectivity index (χ3v) is 5.46. The SMILES string of the molecule is Cc1cc(N2CCN(C(=O)c3cccc(OCC(C)C)c3)CC2)nc2ccccc12. The molecule has 4 rings (SSSR count). The molecule has 0 spiro atoms. The molecule has 0 atom stereocenters. The molecule has 0 bridgehead atoms. The smallest absolute Gasteiger partial charge is 0.254 e. The molecule has 5 heteroatoms. The maximum atomic E-state index is 13.0. The lowest BCUT2D eigenvalue weighted by Crippen LogP contribution is -2.49. The third kappa shape index (κ3) is 4.40. The first-order chi connectivity index (χ1) is 14.5. The van der Waals surface area contributed by atoms with E-state index in [9.17, 15) is 4.79 Å². The lowest BCUT2D eigenvalue weighted by Gasteiger charge is -2.35. The molecule has 1 aliphatic rings. The van der Waals surface area contributed by atoms with Gasteiger partial charge in [0.15, 0.2) is 0 Å². The highest BCUT2D eigenvalue weighted by atomic mass is 16.5. The van der Waals surface area contributed by atoms with Crippen molar-refractivity contribution >= 4 is 22.6 Å². The van der Waals surface area contributed by atoms with Gasteiger partial charge >= 0.3 is 0 Å². The van der Waals surface area contributed by atoms with Crippen LogP contribution in [0, 0.1) is 12.8 Å². The molecular formula is C25H29N3O2. The molecule has 1 saturated heterocycles. The van der Waals surface area contributed by atoms with Crippen molar-refractivity contribution in [2.75, 3.05) is 37.7 Å². The third-order valence-electron chi connectivity index (χ3n) is 5.46. The van der Waals surface area contributed by atoms with Crippen LogP contribution in [0.1, 0.15) is 29.8 Å². The van der Waals surface area contributed by atoms with Gasteiger partial charge in [-0.15, -0.1) is 0 Å². The van der Waals surface area contributed by atoms with Crippen LogP contribution >= 0.6 is 0 Å². The molecule has 0 radical (unpaired) electrons. The maximum absolute atomic E-state index is 13.0. The van der Waals surface area contributed by atoms with Gasteiger partial charge in [-0.1, -0.05) is 38.1 Å². The number of rotatable bonds is 5. The summed E-state index contributed by atoms with van der Waals surface area (Å²) in [6, 6.07) is 17.9. The average molecular weight is 404 g/mol. The second kappa shape index (κ2) is 8.74. The van der Waals surface area contributed by atoms with Crippen molar-refractivity contribution < 1.29 is 9.53 Å². The first-order valence-corrected chi connectivity index (χ1v) is 10.6. The molecule has 0 N–H and O–H groups in total. The lowest BCUT2D eigenvalue weighted by atomic mass is 10.1. The van der Waals surface area contributed by atoms with Gasteiger partial charge in [0.25, 0.3) is 5.91 Å². The molecule has 30 heavy (non-hydrogen) atoms. The Kier molecular flexibility index (Phi) is 5.88. The summed E-state index contributed by atoms with van der Waals surface area (Å²) in [5.74, 6) is 2.25. The quantitative estimate of drug-likeness (QED) is 0.627. The van der Waals surface area contributed by atoms with E-state index < -0.39 is 0 Å². The highest BCUT2D eigenvalue weighted by molar-refractivity contribution is 5.94. The number of amides is 1. The number of anilines is 1. The number of hydrogen-bond donors (Lipinski definition) is 0. The van der Waals surface area contributed by atoms with Crippen LogP contribution in [0.3, 0.4) is 0 Å². The topological polar surface area (TPSA) is 45.7 Å². The van der Waals surface area contributed by atoms with E-state index in [1.807, 2.05) is 41.3 Å². The first-order valence-electron chi connectivity index (χ1n) is 10.6. The second-order valence-corrected chi connectivity index (χ2v) is 8.33. The lowest BCUT2D eigenvalue weighted by molar-refractivity contribution is 0.0746. The number of hydrogen-bond acceptors (Lipinski definition) is 4. The minimum Gasteiger partial charge on any atom is -0.493 e. The van der Waals surface area contributed by atoms with Crippen molar-refractivity contribution in [1.29, 1.82) is 0 Å². The normalized spacial score (nSPS) is 14.4. The number of para-hydroxylation sites is 1. The minimum atomic E-state index is 0.0623. The monoisotopic (exact) mass is 403 g/mol. The van der Waals surface area contributed by atoms with Crippen LogP contribution in [0.5, 0.6) is 5.75 Å². The van der Waals surface area contributed by atoms with E-state index in [4.69, 9.17) is 9.72 Å². The number of aromatic nitrogens is 1. The van der Waals surface area contributed by atoms with Crippen LogP contribution in [0.4, 0.5) is 5.82 Å². The van der Waals surface area contributed by atoms with E-state index in [1.54, 1.807) is 0 Å². The van der Waals surface area contributed by atoms with Gasteiger partial charge in [0, 0.05) is 37.1 Å². The van der Waals surface area contributed by atoms with Crippen LogP contribution < -0.4 is 9.64 Å². The number of benzene rings is 2.